The Kier molecular flexibility index (Phi) is 4.96. The number of hydrogen-bond donors (Lipinski definition) is 1. The highest BCUT2D eigenvalue weighted by molar-refractivity contribution is 6.02. The highest BCUT2D eigenvalue weighted by atomic mass is 16.1. The van der Waals surface area contributed by atoms with Gasteiger partial charge in [0.2, 0.25) is 0 Å². The summed E-state index contributed by atoms with van der Waals surface area (Å²) in [6.45, 7) is 3.61. The smallest absolute Gasteiger partial charge is 0.276 e. The SMILES string of the molecule is O=C(Nc1ccccc1)c1ccc(N2CCN(c3ccccc3)CC2)nn1. The second-order valence-electron chi connectivity index (χ2n) is 6.41. The Morgan fingerprint density at radius 2 is 1.37 bits per heavy atom. The number of nitrogens with one attached hydrogen (secondary N) is 1. The first-order valence-corrected chi connectivity index (χ1v) is 9.05. The largest absolute Gasteiger partial charge is 0.368 e. The molecule has 0 unspecified atom stereocenters. The van der Waals surface area contributed by atoms with Gasteiger partial charge in [-0.3, -0.25) is 4.79 Å². The van der Waals surface area contributed by atoms with Gasteiger partial charge in [0.05, 0.1) is 0 Å². The topological polar surface area (TPSA) is 61.4 Å². The first-order valence-electron chi connectivity index (χ1n) is 9.05. The van der Waals surface area contributed by atoms with E-state index in [1.807, 2.05) is 42.5 Å². The lowest BCUT2D eigenvalue weighted by atomic mass is 10.2. The zero-order valence-corrected chi connectivity index (χ0v) is 15.0. The fourth-order valence-electron chi connectivity index (χ4n) is 3.16. The zero-order chi connectivity index (χ0) is 18.5. The van der Waals surface area contributed by atoms with Gasteiger partial charge in [-0.2, -0.15) is 0 Å². The van der Waals surface area contributed by atoms with Crippen LogP contribution < -0.4 is 15.1 Å². The molecule has 0 aliphatic carbocycles. The molecule has 1 fully saturated rings. The fourth-order valence-corrected chi connectivity index (χ4v) is 3.16. The number of amides is 1. The summed E-state index contributed by atoms with van der Waals surface area (Å²) in [4.78, 5) is 16.8. The van der Waals surface area contributed by atoms with E-state index in [4.69, 9.17) is 0 Å². The van der Waals surface area contributed by atoms with Crippen LogP contribution in [-0.4, -0.2) is 42.3 Å². The van der Waals surface area contributed by atoms with Crippen LogP contribution in [0.25, 0.3) is 0 Å². The van der Waals surface area contributed by atoms with Crippen molar-refractivity contribution in [2.24, 2.45) is 0 Å². The standard InChI is InChI=1S/C21H21N5O/c27-21(22-17-7-3-1-4-8-17)19-11-12-20(24-23-19)26-15-13-25(14-16-26)18-9-5-2-6-10-18/h1-12H,13-16H2,(H,22,27). The Labute approximate surface area is 158 Å². The van der Waals surface area contributed by atoms with Gasteiger partial charge in [-0.25, -0.2) is 0 Å². The maximum atomic E-state index is 12.3. The molecule has 3 aromatic rings. The van der Waals surface area contributed by atoms with Gasteiger partial charge in [0, 0.05) is 37.6 Å². The Balaban J connectivity index is 1.36. The maximum absolute atomic E-state index is 12.3. The molecule has 1 aliphatic rings. The van der Waals surface area contributed by atoms with Crippen molar-refractivity contribution in [1.29, 1.82) is 0 Å². The predicted octanol–water partition coefficient (Wildman–Crippen LogP) is 3.06. The number of rotatable bonds is 4. The van der Waals surface area contributed by atoms with Gasteiger partial charge in [0.25, 0.3) is 5.91 Å². The molecular formula is C21H21N5O. The van der Waals surface area contributed by atoms with E-state index < -0.39 is 0 Å². The Bertz CT molecular complexity index is 875. The molecule has 2 heterocycles. The molecule has 1 N–H and O–H groups in total. The zero-order valence-electron chi connectivity index (χ0n) is 15.0. The van der Waals surface area contributed by atoms with Crippen molar-refractivity contribution in [2.75, 3.05) is 41.3 Å². The van der Waals surface area contributed by atoms with E-state index in [-0.39, 0.29) is 5.91 Å². The molecule has 1 aliphatic heterocycles. The van der Waals surface area contributed by atoms with Crippen LogP contribution in [0.2, 0.25) is 0 Å². The normalized spacial score (nSPS) is 14.1. The van der Waals surface area contributed by atoms with E-state index in [1.54, 1.807) is 6.07 Å². The third-order valence-corrected chi connectivity index (χ3v) is 4.64. The quantitative estimate of drug-likeness (QED) is 0.776. The number of benzene rings is 2. The van der Waals surface area contributed by atoms with E-state index >= 15 is 0 Å². The third-order valence-electron chi connectivity index (χ3n) is 4.64. The molecule has 1 aromatic heterocycles. The number of anilines is 3. The van der Waals surface area contributed by atoms with E-state index in [9.17, 15) is 4.79 Å². The summed E-state index contributed by atoms with van der Waals surface area (Å²) in [5, 5.41) is 11.2. The Hall–Kier alpha value is -3.41. The first kappa shape index (κ1) is 17.0. The molecule has 1 saturated heterocycles. The Morgan fingerprint density at radius 3 is 2.00 bits per heavy atom. The summed E-state index contributed by atoms with van der Waals surface area (Å²) in [5.74, 6) is 0.549. The molecule has 2 aromatic carbocycles. The van der Waals surface area contributed by atoms with Crippen molar-refractivity contribution in [3.8, 4) is 0 Å². The molecule has 0 atom stereocenters. The van der Waals surface area contributed by atoms with Crippen LogP contribution in [0, 0.1) is 0 Å². The van der Waals surface area contributed by atoms with Gasteiger partial charge in [0.1, 0.15) is 0 Å². The molecule has 0 radical (unpaired) electrons. The summed E-state index contributed by atoms with van der Waals surface area (Å²) >= 11 is 0. The van der Waals surface area contributed by atoms with Crippen LogP contribution in [0.3, 0.4) is 0 Å². The molecule has 0 bridgehead atoms. The molecule has 0 spiro atoms. The molecule has 27 heavy (non-hydrogen) atoms. The summed E-state index contributed by atoms with van der Waals surface area (Å²) in [6, 6.07) is 23.3. The minimum atomic E-state index is -0.255. The summed E-state index contributed by atoms with van der Waals surface area (Å²) in [5.41, 5.74) is 2.30. The number of hydrogen-bond acceptors (Lipinski definition) is 5. The van der Waals surface area contributed by atoms with Crippen LogP contribution in [0.5, 0.6) is 0 Å². The lowest BCUT2D eigenvalue weighted by Gasteiger charge is -2.36. The predicted molar refractivity (Wildman–Crippen MR) is 107 cm³/mol. The minimum absolute atomic E-state index is 0.255. The molecule has 6 nitrogen and oxygen atoms in total. The van der Waals surface area contributed by atoms with Crippen molar-refractivity contribution < 1.29 is 4.79 Å². The van der Waals surface area contributed by atoms with Crippen LogP contribution in [0.1, 0.15) is 10.5 Å². The van der Waals surface area contributed by atoms with Crippen molar-refractivity contribution in [3.63, 3.8) is 0 Å². The Morgan fingerprint density at radius 1 is 0.741 bits per heavy atom. The number of piperazine rings is 1. The van der Waals surface area contributed by atoms with Gasteiger partial charge < -0.3 is 15.1 Å². The third kappa shape index (κ3) is 4.06. The highest BCUT2D eigenvalue weighted by Crippen LogP contribution is 2.18. The number of carbonyl (C=O) groups excluding carboxylic acids is 1. The molecule has 1 amide bonds. The number of aromatic nitrogens is 2. The van der Waals surface area contributed by atoms with Crippen molar-refractivity contribution in [3.05, 3.63) is 78.5 Å². The summed E-state index contributed by atoms with van der Waals surface area (Å²) < 4.78 is 0. The lowest BCUT2D eigenvalue weighted by molar-refractivity contribution is 0.102. The van der Waals surface area contributed by atoms with Crippen LogP contribution in [-0.2, 0) is 0 Å². The second-order valence-corrected chi connectivity index (χ2v) is 6.41. The molecule has 0 saturated carbocycles. The number of nitrogens with zero attached hydrogens (tertiary/aromatic N) is 4. The average molecular weight is 359 g/mol. The van der Waals surface area contributed by atoms with E-state index in [0.717, 1.165) is 37.7 Å². The van der Waals surface area contributed by atoms with Crippen LogP contribution in [0.4, 0.5) is 17.2 Å². The molecular weight excluding hydrogens is 338 g/mol. The summed E-state index contributed by atoms with van der Waals surface area (Å²) in [7, 11) is 0. The molecule has 136 valence electrons. The van der Waals surface area contributed by atoms with Crippen LogP contribution >= 0.6 is 0 Å². The number of para-hydroxylation sites is 2. The number of carbonyl (C=O) groups is 1. The van der Waals surface area contributed by atoms with Gasteiger partial charge in [-0.15, -0.1) is 10.2 Å². The fraction of sp³-hybridized carbons (Fsp3) is 0.190. The second kappa shape index (κ2) is 7.86. The lowest BCUT2D eigenvalue weighted by Crippen LogP contribution is -2.46. The van der Waals surface area contributed by atoms with E-state index in [0.29, 0.717) is 5.69 Å². The van der Waals surface area contributed by atoms with Gasteiger partial charge in [-0.1, -0.05) is 36.4 Å². The first-order chi connectivity index (χ1) is 13.3. The van der Waals surface area contributed by atoms with Crippen molar-refractivity contribution >= 4 is 23.1 Å². The monoisotopic (exact) mass is 359 g/mol. The van der Waals surface area contributed by atoms with Gasteiger partial charge in [-0.05, 0) is 36.4 Å². The minimum Gasteiger partial charge on any atom is -0.368 e. The van der Waals surface area contributed by atoms with Gasteiger partial charge >= 0.3 is 0 Å². The van der Waals surface area contributed by atoms with E-state index in [1.165, 1.54) is 5.69 Å². The summed E-state index contributed by atoms with van der Waals surface area (Å²) in [6.07, 6.45) is 0. The highest BCUT2D eigenvalue weighted by Gasteiger charge is 2.19. The van der Waals surface area contributed by atoms with E-state index in [2.05, 4.69) is 49.6 Å². The van der Waals surface area contributed by atoms with Crippen molar-refractivity contribution in [2.45, 2.75) is 0 Å². The molecule has 6 heteroatoms. The van der Waals surface area contributed by atoms with Gasteiger partial charge in [0.15, 0.2) is 11.5 Å². The van der Waals surface area contributed by atoms with Crippen LogP contribution in [0.15, 0.2) is 72.8 Å². The van der Waals surface area contributed by atoms with Crippen molar-refractivity contribution in [1.82, 2.24) is 10.2 Å². The maximum Gasteiger partial charge on any atom is 0.276 e. The average Bonchev–Trinajstić information content (AvgIpc) is 2.75. The molecule has 4 rings (SSSR count).